The fourth-order valence-electron chi connectivity index (χ4n) is 2.76. The van der Waals surface area contributed by atoms with Gasteiger partial charge in [0, 0.05) is 18.8 Å². The zero-order chi connectivity index (χ0) is 14.8. The molecule has 0 radical (unpaired) electrons. The molecule has 1 fully saturated rings. The molecule has 0 bridgehead atoms. The first kappa shape index (κ1) is 14.3. The van der Waals surface area contributed by atoms with Crippen molar-refractivity contribution >= 4 is 28.9 Å². The van der Waals surface area contributed by atoms with Crippen LogP contribution in [0.4, 0.5) is 0 Å². The van der Waals surface area contributed by atoms with Gasteiger partial charge < -0.3 is 14.6 Å². The zero-order valence-electron chi connectivity index (χ0n) is 11.9. The van der Waals surface area contributed by atoms with Crippen LogP contribution in [0.1, 0.15) is 12.8 Å². The third kappa shape index (κ3) is 3.03. The van der Waals surface area contributed by atoms with E-state index in [0.29, 0.717) is 6.04 Å². The molecule has 1 N–H and O–H groups in total. The van der Waals surface area contributed by atoms with Gasteiger partial charge >= 0.3 is 5.97 Å². The van der Waals surface area contributed by atoms with Crippen molar-refractivity contribution in [3.8, 4) is 0 Å². The molecule has 3 rings (SSSR count). The fraction of sp³-hybridized carbons (Fsp3) is 0.500. The Hall–Kier alpha value is -1.60. The number of hydrogen-bond donors (Lipinski definition) is 1. The minimum atomic E-state index is -0.829. The van der Waals surface area contributed by atoms with Crippen molar-refractivity contribution in [2.75, 3.05) is 19.3 Å². The van der Waals surface area contributed by atoms with E-state index in [1.807, 2.05) is 12.1 Å². The number of aliphatic carboxylic acids is 1. The Morgan fingerprint density at radius 1 is 1.57 bits per heavy atom. The number of carboxylic acids is 1. The molecule has 0 spiro atoms. The predicted molar refractivity (Wildman–Crippen MR) is 81.5 cm³/mol. The first-order valence-electron chi connectivity index (χ1n) is 7.01. The number of pyridine rings is 1. The topological polar surface area (TPSA) is 71.2 Å². The summed E-state index contributed by atoms with van der Waals surface area (Å²) in [5.41, 5.74) is 1.66. The second-order valence-corrected chi connectivity index (χ2v) is 6.25. The van der Waals surface area contributed by atoms with E-state index in [1.165, 1.54) is 18.2 Å². The molecule has 0 aromatic carbocycles. The van der Waals surface area contributed by atoms with Gasteiger partial charge in [0.2, 0.25) is 0 Å². The van der Waals surface area contributed by atoms with Crippen LogP contribution in [0, 0.1) is 0 Å². The lowest BCUT2D eigenvalue weighted by molar-refractivity contribution is -0.133. The number of likely N-dealkylation sites (tertiary alicyclic amines) is 1. The van der Waals surface area contributed by atoms with E-state index in [-0.39, 0.29) is 5.75 Å². The van der Waals surface area contributed by atoms with Gasteiger partial charge in [-0.3, -0.25) is 4.79 Å². The second kappa shape index (κ2) is 6.03. The van der Waals surface area contributed by atoms with E-state index in [9.17, 15) is 4.79 Å². The second-order valence-electron chi connectivity index (χ2n) is 5.31. The summed E-state index contributed by atoms with van der Waals surface area (Å²) in [4.78, 5) is 22.1. The zero-order valence-corrected chi connectivity index (χ0v) is 12.7. The summed E-state index contributed by atoms with van der Waals surface area (Å²) in [6.07, 6.45) is 4.12. The van der Waals surface area contributed by atoms with Gasteiger partial charge in [-0.1, -0.05) is 11.8 Å². The summed E-state index contributed by atoms with van der Waals surface area (Å²) in [6.45, 7) is 1.92. The quantitative estimate of drug-likeness (QED) is 0.848. The van der Waals surface area contributed by atoms with Gasteiger partial charge in [0.25, 0.3) is 0 Å². The van der Waals surface area contributed by atoms with Crippen molar-refractivity contribution < 1.29 is 9.90 Å². The largest absolute Gasteiger partial charge is 0.481 e. The molecule has 2 aromatic rings. The van der Waals surface area contributed by atoms with E-state index < -0.39 is 5.97 Å². The highest BCUT2D eigenvalue weighted by Gasteiger charge is 2.24. The number of rotatable bonds is 5. The molecule has 1 aliphatic rings. The van der Waals surface area contributed by atoms with E-state index in [0.717, 1.165) is 35.8 Å². The van der Waals surface area contributed by atoms with Gasteiger partial charge in [0.05, 0.1) is 5.75 Å². The van der Waals surface area contributed by atoms with Gasteiger partial charge in [-0.15, -0.1) is 0 Å². The van der Waals surface area contributed by atoms with E-state index in [4.69, 9.17) is 5.11 Å². The molecule has 7 heteroatoms. The molecule has 1 unspecified atom stereocenters. The van der Waals surface area contributed by atoms with Gasteiger partial charge in [-0.2, -0.15) is 0 Å². The van der Waals surface area contributed by atoms with Crippen LogP contribution in [-0.2, 0) is 11.3 Å². The Kier molecular flexibility index (Phi) is 4.12. The van der Waals surface area contributed by atoms with Crippen molar-refractivity contribution in [3.63, 3.8) is 0 Å². The van der Waals surface area contributed by atoms with Gasteiger partial charge in [0.15, 0.2) is 10.8 Å². The molecule has 0 amide bonds. The molecule has 1 atom stereocenters. The summed E-state index contributed by atoms with van der Waals surface area (Å²) >= 11 is 1.26. The predicted octanol–water partition coefficient (Wildman–Crippen LogP) is 1.70. The molecule has 2 aromatic heterocycles. The maximum absolute atomic E-state index is 10.8. The lowest BCUT2D eigenvalue weighted by atomic mass is 10.2. The van der Waals surface area contributed by atoms with E-state index in [2.05, 4.69) is 26.5 Å². The number of likely N-dealkylation sites (N-methyl/N-ethyl adjacent to an activating group) is 1. The van der Waals surface area contributed by atoms with Crippen LogP contribution in [0.5, 0.6) is 0 Å². The average Bonchev–Trinajstić information content (AvgIpc) is 3.02. The van der Waals surface area contributed by atoms with Crippen LogP contribution < -0.4 is 0 Å². The number of imidazole rings is 1. The van der Waals surface area contributed by atoms with Crippen molar-refractivity contribution in [1.29, 1.82) is 0 Å². The number of carboxylic acid groups (broad SMARTS) is 1. The maximum atomic E-state index is 10.8. The molecule has 1 saturated heterocycles. The number of fused-ring (bicyclic) bond motifs is 1. The lowest BCUT2D eigenvalue weighted by Crippen LogP contribution is -2.29. The maximum Gasteiger partial charge on any atom is 0.313 e. The monoisotopic (exact) mass is 306 g/mol. The van der Waals surface area contributed by atoms with Crippen molar-refractivity contribution in [2.45, 2.75) is 30.6 Å². The number of carbonyl (C=O) groups is 1. The van der Waals surface area contributed by atoms with Crippen molar-refractivity contribution in [3.05, 3.63) is 18.3 Å². The van der Waals surface area contributed by atoms with Crippen LogP contribution in [0.2, 0.25) is 0 Å². The number of thioether (sulfide) groups is 1. The number of aromatic nitrogens is 3. The SMILES string of the molecule is CN1CCCC1Cn1c(SCC(=O)O)nc2cccnc21. The molecule has 1 aliphatic heterocycles. The van der Waals surface area contributed by atoms with Crippen LogP contribution in [-0.4, -0.2) is 55.9 Å². The van der Waals surface area contributed by atoms with Crippen LogP contribution in [0.25, 0.3) is 11.2 Å². The Morgan fingerprint density at radius 3 is 3.14 bits per heavy atom. The number of hydrogen-bond acceptors (Lipinski definition) is 5. The van der Waals surface area contributed by atoms with Gasteiger partial charge in [0.1, 0.15) is 5.52 Å². The minimum absolute atomic E-state index is 0.0177. The Balaban J connectivity index is 1.92. The summed E-state index contributed by atoms with van der Waals surface area (Å²) in [5, 5.41) is 9.63. The normalized spacial score (nSPS) is 19.4. The minimum Gasteiger partial charge on any atom is -0.481 e. The van der Waals surface area contributed by atoms with Gasteiger partial charge in [-0.05, 0) is 38.6 Å². The third-order valence-corrected chi connectivity index (χ3v) is 4.82. The highest BCUT2D eigenvalue weighted by Crippen LogP contribution is 2.25. The molecule has 0 saturated carbocycles. The van der Waals surface area contributed by atoms with E-state index >= 15 is 0 Å². The Labute approximate surface area is 127 Å². The first-order valence-corrected chi connectivity index (χ1v) is 8.00. The first-order chi connectivity index (χ1) is 10.1. The highest BCUT2D eigenvalue weighted by molar-refractivity contribution is 7.99. The molecule has 3 heterocycles. The van der Waals surface area contributed by atoms with Crippen molar-refractivity contribution in [2.24, 2.45) is 0 Å². The summed E-state index contributed by atoms with van der Waals surface area (Å²) in [5.74, 6) is -0.811. The average molecular weight is 306 g/mol. The third-order valence-electron chi connectivity index (χ3n) is 3.86. The van der Waals surface area contributed by atoms with Crippen LogP contribution >= 0.6 is 11.8 Å². The fourth-order valence-corrected chi connectivity index (χ4v) is 3.49. The Bertz CT molecular complexity index is 657. The van der Waals surface area contributed by atoms with E-state index in [1.54, 1.807) is 6.20 Å². The molecule has 6 nitrogen and oxygen atoms in total. The highest BCUT2D eigenvalue weighted by atomic mass is 32.2. The summed E-state index contributed by atoms with van der Waals surface area (Å²) in [7, 11) is 2.13. The molecular weight excluding hydrogens is 288 g/mol. The summed E-state index contributed by atoms with van der Waals surface area (Å²) in [6, 6.07) is 4.24. The molecule has 0 aliphatic carbocycles. The van der Waals surface area contributed by atoms with Crippen LogP contribution in [0.3, 0.4) is 0 Å². The molecule has 112 valence electrons. The smallest absolute Gasteiger partial charge is 0.313 e. The van der Waals surface area contributed by atoms with Crippen molar-refractivity contribution in [1.82, 2.24) is 19.4 Å². The standard InChI is InChI=1S/C14H18N4O2S/c1-17-7-3-4-10(17)8-18-13-11(5-2-6-15-13)16-14(18)21-9-12(19)20/h2,5-6,10H,3-4,7-9H2,1H3,(H,19,20). The molecule has 21 heavy (non-hydrogen) atoms. The lowest BCUT2D eigenvalue weighted by Gasteiger charge is -2.20. The summed E-state index contributed by atoms with van der Waals surface area (Å²) < 4.78 is 2.06. The number of nitrogens with zero attached hydrogens (tertiary/aromatic N) is 4. The Morgan fingerprint density at radius 2 is 2.43 bits per heavy atom. The van der Waals surface area contributed by atoms with Crippen LogP contribution in [0.15, 0.2) is 23.5 Å². The van der Waals surface area contributed by atoms with Gasteiger partial charge in [-0.25, -0.2) is 9.97 Å². The molecular formula is C14H18N4O2S.